The Morgan fingerprint density at radius 3 is 2.56 bits per heavy atom. The number of sulfonamides is 1. The summed E-state index contributed by atoms with van der Waals surface area (Å²) in [5.41, 5.74) is 0. The maximum absolute atomic E-state index is 12.0. The first-order chi connectivity index (χ1) is 8.51. The van der Waals surface area contributed by atoms with Crippen LogP contribution in [0.5, 0.6) is 0 Å². The summed E-state index contributed by atoms with van der Waals surface area (Å²) < 4.78 is 31.8. The lowest BCUT2D eigenvalue weighted by Gasteiger charge is -2.26. The molecule has 0 aromatic carbocycles. The van der Waals surface area contributed by atoms with Crippen molar-refractivity contribution in [3.63, 3.8) is 0 Å². The first kappa shape index (κ1) is 13.6. The van der Waals surface area contributed by atoms with Crippen molar-refractivity contribution in [1.29, 1.82) is 0 Å². The first-order valence-corrected chi connectivity index (χ1v) is 7.71. The van der Waals surface area contributed by atoms with Crippen LogP contribution in [-0.4, -0.2) is 19.6 Å². The predicted octanol–water partition coefficient (Wildman–Crippen LogP) is 1.63. The van der Waals surface area contributed by atoms with Crippen molar-refractivity contribution in [2.75, 3.05) is 0 Å². The number of rotatable bonds is 4. The SMILES string of the molecule is CC1CCC(NS(=O)(=O)c2ccc(CO)o2)CC1. The lowest BCUT2D eigenvalue weighted by molar-refractivity contribution is 0.236. The molecular formula is C12H19NO4S. The van der Waals surface area contributed by atoms with Gasteiger partial charge in [-0.15, -0.1) is 0 Å². The number of aliphatic hydroxyl groups is 1. The summed E-state index contributed by atoms with van der Waals surface area (Å²) in [5, 5.41) is 8.74. The smallest absolute Gasteiger partial charge is 0.274 e. The van der Waals surface area contributed by atoms with Crippen LogP contribution in [0.15, 0.2) is 21.6 Å². The zero-order valence-electron chi connectivity index (χ0n) is 10.4. The molecule has 18 heavy (non-hydrogen) atoms. The number of furan rings is 1. The topological polar surface area (TPSA) is 79.5 Å². The van der Waals surface area contributed by atoms with Gasteiger partial charge in [-0.3, -0.25) is 0 Å². The van der Waals surface area contributed by atoms with Crippen molar-refractivity contribution >= 4 is 10.0 Å². The molecular weight excluding hydrogens is 254 g/mol. The van der Waals surface area contributed by atoms with Gasteiger partial charge in [0, 0.05) is 6.04 Å². The maximum Gasteiger partial charge on any atom is 0.274 e. The minimum absolute atomic E-state index is 0.00567. The van der Waals surface area contributed by atoms with Gasteiger partial charge in [-0.05, 0) is 43.7 Å². The lowest BCUT2D eigenvalue weighted by atomic mass is 9.88. The first-order valence-electron chi connectivity index (χ1n) is 6.23. The average Bonchev–Trinajstić information content (AvgIpc) is 2.81. The Bertz CT molecular complexity index is 486. The highest BCUT2D eigenvalue weighted by atomic mass is 32.2. The van der Waals surface area contributed by atoms with Crippen LogP contribution in [0.3, 0.4) is 0 Å². The maximum atomic E-state index is 12.0. The Labute approximate surface area is 107 Å². The van der Waals surface area contributed by atoms with Gasteiger partial charge in [-0.25, -0.2) is 13.1 Å². The standard InChI is InChI=1S/C12H19NO4S/c1-9-2-4-10(5-3-9)13-18(15,16)12-7-6-11(8-14)17-12/h6-7,9-10,13-14H,2-5,8H2,1H3. The molecule has 2 N–H and O–H groups in total. The summed E-state index contributed by atoms with van der Waals surface area (Å²) in [6.07, 6.45) is 3.84. The van der Waals surface area contributed by atoms with E-state index in [0.29, 0.717) is 5.92 Å². The van der Waals surface area contributed by atoms with Crippen LogP contribution in [0.4, 0.5) is 0 Å². The number of nitrogens with one attached hydrogen (secondary N) is 1. The molecule has 0 spiro atoms. The molecule has 1 aromatic heterocycles. The van der Waals surface area contributed by atoms with Gasteiger partial charge in [0.15, 0.2) is 0 Å². The van der Waals surface area contributed by atoms with E-state index >= 15 is 0 Å². The summed E-state index contributed by atoms with van der Waals surface area (Å²) in [6, 6.07) is 2.84. The summed E-state index contributed by atoms with van der Waals surface area (Å²) in [4.78, 5) is 0. The van der Waals surface area contributed by atoms with E-state index in [1.807, 2.05) is 0 Å². The minimum Gasteiger partial charge on any atom is -0.446 e. The quantitative estimate of drug-likeness (QED) is 0.873. The van der Waals surface area contributed by atoms with Crippen molar-refractivity contribution in [2.24, 2.45) is 5.92 Å². The summed E-state index contributed by atoms with van der Waals surface area (Å²) >= 11 is 0. The van der Waals surface area contributed by atoms with Gasteiger partial charge in [0.05, 0.1) is 0 Å². The molecule has 1 aromatic rings. The normalized spacial score (nSPS) is 25.2. The second kappa shape index (κ2) is 5.42. The molecule has 102 valence electrons. The molecule has 5 nitrogen and oxygen atoms in total. The van der Waals surface area contributed by atoms with Crippen molar-refractivity contribution in [2.45, 2.75) is 50.3 Å². The number of hydrogen-bond donors (Lipinski definition) is 2. The molecule has 6 heteroatoms. The molecule has 2 rings (SSSR count). The van der Waals surface area contributed by atoms with Crippen LogP contribution >= 0.6 is 0 Å². The van der Waals surface area contributed by atoms with Crippen molar-refractivity contribution < 1.29 is 17.9 Å². The second-order valence-corrected chi connectivity index (χ2v) is 6.60. The highest BCUT2D eigenvalue weighted by Crippen LogP contribution is 2.25. The third-order valence-electron chi connectivity index (χ3n) is 3.40. The van der Waals surface area contributed by atoms with E-state index in [1.165, 1.54) is 12.1 Å². The monoisotopic (exact) mass is 273 g/mol. The van der Waals surface area contributed by atoms with E-state index in [0.717, 1.165) is 25.7 Å². The molecule has 1 aliphatic rings. The van der Waals surface area contributed by atoms with E-state index in [2.05, 4.69) is 11.6 Å². The molecule has 0 atom stereocenters. The molecule has 0 saturated heterocycles. The van der Waals surface area contributed by atoms with Crippen LogP contribution in [-0.2, 0) is 16.6 Å². The van der Waals surface area contributed by atoms with Crippen LogP contribution in [0.25, 0.3) is 0 Å². The highest BCUT2D eigenvalue weighted by Gasteiger charge is 2.26. The Morgan fingerprint density at radius 2 is 2.00 bits per heavy atom. The van der Waals surface area contributed by atoms with Crippen LogP contribution in [0.1, 0.15) is 38.4 Å². The van der Waals surface area contributed by atoms with Gasteiger partial charge < -0.3 is 9.52 Å². The molecule has 1 heterocycles. The zero-order valence-corrected chi connectivity index (χ0v) is 11.2. The molecule has 0 unspecified atom stereocenters. The Hall–Kier alpha value is -0.850. The van der Waals surface area contributed by atoms with E-state index < -0.39 is 10.0 Å². The summed E-state index contributed by atoms with van der Waals surface area (Å²) in [5.74, 6) is 0.933. The van der Waals surface area contributed by atoms with Crippen LogP contribution in [0.2, 0.25) is 0 Å². The zero-order chi connectivity index (χ0) is 13.2. The molecule has 1 fully saturated rings. The highest BCUT2D eigenvalue weighted by molar-refractivity contribution is 7.89. The van der Waals surface area contributed by atoms with E-state index in [4.69, 9.17) is 9.52 Å². The lowest BCUT2D eigenvalue weighted by Crippen LogP contribution is -2.37. The Morgan fingerprint density at radius 1 is 1.33 bits per heavy atom. The molecule has 0 amide bonds. The molecule has 1 saturated carbocycles. The Kier molecular flexibility index (Phi) is 4.09. The average molecular weight is 273 g/mol. The molecule has 0 bridgehead atoms. The van der Waals surface area contributed by atoms with Gasteiger partial charge in [0.1, 0.15) is 12.4 Å². The van der Waals surface area contributed by atoms with Gasteiger partial charge in [-0.2, -0.15) is 0 Å². The van der Waals surface area contributed by atoms with E-state index in [9.17, 15) is 8.42 Å². The van der Waals surface area contributed by atoms with Gasteiger partial charge in [-0.1, -0.05) is 6.92 Å². The van der Waals surface area contributed by atoms with Crippen molar-refractivity contribution in [3.05, 3.63) is 17.9 Å². The van der Waals surface area contributed by atoms with Gasteiger partial charge in [0.2, 0.25) is 5.09 Å². The molecule has 1 aliphatic carbocycles. The number of aliphatic hydroxyl groups excluding tert-OH is 1. The predicted molar refractivity (Wildman–Crippen MR) is 66.4 cm³/mol. The second-order valence-electron chi connectivity index (χ2n) is 4.96. The van der Waals surface area contributed by atoms with E-state index in [1.54, 1.807) is 0 Å². The third-order valence-corrected chi connectivity index (χ3v) is 4.79. The molecule has 0 aliphatic heterocycles. The van der Waals surface area contributed by atoms with Gasteiger partial charge >= 0.3 is 0 Å². The van der Waals surface area contributed by atoms with E-state index in [-0.39, 0.29) is 23.5 Å². The fraction of sp³-hybridized carbons (Fsp3) is 0.667. The fourth-order valence-corrected chi connectivity index (χ4v) is 3.50. The largest absolute Gasteiger partial charge is 0.446 e. The van der Waals surface area contributed by atoms with Gasteiger partial charge in [0.25, 0.3) is 10.0 Å². The molecule has 0 radical (unpaired) electrons. The fourth-order valence-electron chi connectivity index (χ4n) is 2.24. The van der Waals surface area contributed by atoms with Crippen LogP contribution in [0, 0.1) is 5.92 Å². The van der Waals surface area contributed by atoms with Crippen LogP contribution < -0.4 is 4.72 Å². The van der Waals surface area contributed by atoms with Crippen molar-refractivity contribution in [3.8, 4) is 0 Å². The third kappa shape index (κ3) is 3.13. The Balaban J connectivity index is 2.03. The summed E-state index contributed by atoms with van der Waals surface area (Å²) in [7, 11) is -3.59. The number of hydrogen-bond acceptors (Lipinski definition) is 4. The minimum atomic E-state index is -3.59. The summed E-state index contributed by atoms with van der Waals surface area (Å²) in [6.45, 7) is 1.89. The van der Waals surface area contributed by atoms with Crippen molar-refractivity contribution in [1.82, 2.24) is 4.72 Å².